The Morgan fingerprint density at radius 2 is 1.86 bits per heavy atom. The number of nitrogens with one attached hydrogen (secondary N) is 3. The number of hydrogen-bond donors (Lipinski definition) is 3. The van der Waals surface area contributed by atoms with E-state index >= 15 is 0 Å². The highest BCUT2D eigenvalue weighted by Crippen LogP contribution is 2.19. The van der Waals surface area contributed by atoms with Crippen LogP contribution < -0.4 is 15.4 Å². The zero-order chi connectivity index (χ0) is 19.9. The number of fused-ring (bicyclic) bond motifs is 1. The number of aromatic nitrogens is 1. The van der Waals surface area contributed by atoms with Gasteiger partial charge in [0.15, 0.2) is 0 Å². The van der Waals surface area contributed by atoms with E-state index < -0.39 is 6.04 Å². The SMILES string of the molecule is CC(=O)NC(Cc1c[nH]c2ccccc12)C(=O)NCCOc1ccccc1C. The predicted octanol–water partition coefficient (Wildman–Crippen LogP) is 2.72. The maximum atomic E-state index is 12.6. The van der Waals surface area contributed by atoms with E-state index in [0.29, 0.717) is 19.6 Å². The summed E-state index contributed by atoms with van der Waals surface area (Å²) in [5, 5.41) is 6.64. The summed E-state index contributed by atoms with van der Waals surface area (Å²) in [4.78, 5) is 27.4. The van der Waals surface area contributed by atoms with Gasteiger partial charge in [-0.2, -0.15) is 0 Å². The molecule has 0 spiro atoms. The molecule has 3 N–H and O–H groups in total. The second-order valence-electron chi connectivity index (χ2n) is 6.72. The summed E-state index contributed by atoms with van der Waals surface area (Å²) in [6, 6.07) is 15.0. The molecule has 0 saturated carbocycles. The van der Waals surface area contributed by atoms with Gasteiger partial charge >= 0.3 is 0 Å². The summed E-state index contributed by atoms with van der Waals surface area (Å²) < 4.78 is 5.70. The molecule has 6 nitrogen and oxygen atoms in total. The number of aryl methyl sites for hydroxylation is 1. The monoisotopic (exact) mass is 379 g/mol. The van der Waals surface area contributed by atoms with Gasteiger partial charge < -0.3 is 20.4 Å². The molecular formula is C22H25N3O3. The van der Waals surface area contributed by atoms with Crippen molar-refractivity contribution in [3.05, 3.63) is 65.9 Å². The Bertz CT molecular complexity index is 964. The normalized spacial score (nSPS) is 11.8. The van der Waals surface area contributed by atoms with Gasteiger partial charge in [0.2, 0.25) is 11.8 Å². The Kier molecular flexibility index (Phi) is 6.32. The summed E-state index contributed by atoms with van der Waals surface area (Å²) in [7, 11) is 0. The van der Waals surface area contributed by atoms with Crippen LogP contribution in [0.4, 0.5) is 0 Å². The lowest BCUT2D eigenvalue weighted by atomic mass is 10.0. The van der Waals surface area contributed by atoms with Crippen LogP contribution in [-0.4, -0.2) is 36.0 Å². The zero-order valence-electron chi connectivity index (χ0n) is 16.1. The summed E-state index contributed by atoms with van der Waals surface area (Å²) in [5.41, 5.74) is 3.04. The molecule has 0 aliphatic heterocycles. The Balaban J connectivity index is 1.58. The van der Waals surface area contributed by atoms with Gasteiger partial charge in [-0.3, -0.25) is 9.59 Å². The van der Waals surface area contributed by atoms with Crippen molar-refractivity contribution in [3.63, 3.8) is 0 Å². The minimum absolute atomic E-state index is 0.228. The summed E-state index contributed by atoms with van der Waals surface area (Å²) in [6.45, 7) is 4.10. The van der Waals surface area contributed by atoms with Crippen LogP contribution in [-0.2, 0) is 16.0 Å². The number of carbonyl (C=O) groups excluding carboxylic acids is 2. The minimum atomic E-state index is -0.643. The number of aromatic amines is 1. The highest BCUT2D eigenvalue weighted by atomic mass is 16.5. The number of hydrogen-bond acceptors (Lipinski definition) is 3. The molecule has 6 heteroatoms. The van der Waals surface area contributed by atoms with Crippen molar-refractivity contribution in [2.24, 2.45) is 0 Å². The number of para-hydroxylation sites is 2. The highest BCUT2D eigenvalue weighted by molar-refractivity contribution is 5.89. The third-order valence-electron chi connectivity index (χ3n) is 4.55. The lowest BCUT2D eigenvalue weighted by molar-refractivity contribution is -0.128. The molecule has 2 amide bonds. The first-order valence-electron chi connectivity index (χ1n) is 9.33. The predicted molar refractivity (Wildman–Crippen MR) is 109 cm³/mol. The minimum Gasteiger partial charge on any atom is -0.491 e. The lowest BCUT2D eigenvalue weighted by Gasteiger charge is -2.18. The van der Waals surface area contributed by atoms with E-state index in [2.05, 4.69) is 15.6 Å². The smallest absolute Gasteiger partial charge is 0.243 e. The molecule has 1 aromatic heterocycles. The van der Waals surface area contributed by atoms with Crippen molar-refractivity contribution >= 4 is 22.7 Å². The number of rotatable bonds is 8. The fourth-order valence-corrected chi connectivity index (χ4v) is 3.15. The molecule has 146 valence electrons. The fourth-order valence-electron chi connectivity index (χ4n) is 3.15. The van der Waals surface area contributed by atoms with Gasteiger partial charge in [-0.25, -0.2) is 0 Å². The summed E-state index contributed by atoms with van der Waals surface area (Å²) in [6.07, 6.45) is 2.29. The van der Waals surface area contributed by atoms with Crippen LogP contribution in [0.3, 0.4) is 0 Å². The molecule has 1 heterocycles. The van der Waals surface area contributed by atoms with Crippen molar-refractivity contribution < 1.29 is 14.3 Å². The first-order chi connectivity index (χ1) is 13.5. The summed E-state index contributed by atoms with van der Waals surface area (Å²) in [5.74, 6) is 0.332. The molecule has 0 aliphatic carbocycles. The van der Waals surface area contributed by atoms with Crippen LogP contribution in [0.25, 0.3) is 10.9 Å². The molecule has 2 aromatic carbocycles. The Morgan fingerprint density at radius 1 is 1.11 bits per heavy atom. The molecule has 3 aromatic rings. The number of ether oxygens (including phenoxy) is 1. The van der Waals surface area contributed by atoms with Crippen molar-refractivity contribution in [2.75, 3.05) is 13.2 Å². The van der Waals surface area contributed by atoms with Gasteiger partial charge in [-0.1, -0.05) is 36.4 Å². The van der Waals surface area contributed by atoms with Crippen LogP contribution in [0.5, 0.6) is 5.75 Å². The molecule has 28 heavy (non-hydrogen) atoms. The van der Waals surface area contributed by atoms with Gasteiger partial charge in [0, 0.05) is 30.4 Å². The van der Waals surface area contributed by atoms with E-state index in [1.165, 1.54) is 6.92 Å². The second-order valence-corrected chi connectivity index (χ2v) is 6.72. The molecule has 3 rings (SSSR count). The first kappa shape index (κ1) is 19.5. The molecule has 0 radical (unpaired) electrons. The molecule has 1 unspecified atom stereocenters. The van der Waals surface area contributed by atoms with Gasteiger partial charge in [0.1, 0.15) is 18.4 Å². The van der Waals surface area contributed by atoms with Crippen LogP contribution in [0.1, 0.15) is 18.1 Å². The molecule has 0 saturated heterocycles. The molecule has 0 bridgehead atoms. The largest absolute Gasteiger partial charge is 0.491 e. The maximum Gasteiger partial charge on any atom is 0.243 e. The van der Waals surface area contributed by atoms with E-state index in [1.807, 2.05) is 61.7 Å². The van der Waals surface area contributed by atoms with Crippen molar-refractivity contribution in [1.29, 1.82) is 0 Å². The molecule has 0 fully saturated rings. The molecule has 1 atom stereocenters. The highest BCUT2D eigenvalue weighted by Gasteiger charge is 2.21. The van der Waals surface area contributed by atoms with E-state index in [-0.39, 0.29) is 11.8 Å². The van der Waals surface area contributed by atoms with Gasteiger partial charge in [-0.15, -0.1) is 0 Å². The van der Waals surface area contributed by atoms with Gasteiger partial charge in [-0.05, 0) is 30.2 Å². The molecule has 0 aliphatic rings. The van der Waals surface area contributed by atoms with Crippen LogP contribution in [0, 0.1) is 6.92 Å². The van der Waals surface area contributed by atoms with Crippen LogP contribution in [0.15, 0.2) is 54.7 Å². The van der Waals surface area contributed by atoms with Gasteiger partial charge in [0.25, 0.3) is 0 Å². The van der Waals surface area contributed by atoms with Gasteiger partial charge in [0.05, 0.1) is 6.54 Å². The van der Waals surface area contributed by atoms with Crippen LogP contribution in [0.2, 0.25) is 0 Å². The average molecular weight is 379 g/mol. The number of benzene rings is 2. The lowest BCUT2D eigenvalue weighted by Crippen LogP contribution is -2.48. The van der Waals surface area contributed by atoms with E-state index in [4.69, 9.17) is 4.74 Å². The van der Waals surface area contributed by atoms with Crippen molar-refractivity contribution in [2.45, 2.75) is 26.3 Å². The van der Waals surface area contributed by atoms with Crippen molar-refractivity contribution in [1.82, 2.24) is 15.6 Å². The molecular weight excluding hydrogens is 354 g/mol. The Morgan fingerprint density at radius 3 is 2.64 bits per heavy atom. The zero-order valence-corrected chi connectivity index (χ0v) is 16.1. The Labute approximate surface area is 164 Å². The number of carbonyl (C=O) groups is 2. The third kappa shape index (κ3) is 4.91. The van der Waals surface area contributed by atoms with E-state index in [1.54, 1.807) is 0 Å². The standard InChI is InChI=1S/C22H25N3O3/c1-15-7-3-6-10-21(15)28-12-11-23-22(27)20(25-16(2)26)13-17-14-24-19-9-5-4-8-18(17)19/h3-10,14,20,24H,11-13H2,1-2H3,(H,23,27)(H,25,26). The number of H-pyrrole nitrogens is 1. The topological polar surface area (TPSA) is 83.2 Å². The van der Waals surface area contributed by atoms with E-state index in [0.717, 1.165) is 27.8 Å². The third-order valence-corrected chi connectivity index (χ3v) is 4.55. The Hall–Kier alpha value is -3.28. The fraction of sp³-hybridized carbons (Fsp3) is 0.273. The van der Waals surface area contributed by atoms with Crippen molar-refractivity contribution in [3.8, 4) is 5.75 Å². The maximum absolute atomic E-state index is 12.6. The first-order valence-corrected chi connectivity index (χ1v) is 9.33. The quantitative estimate of drug-likeness (QED) is 0.526. The summed E-state index contributed by atoms with van der Waals surface area (Å²) >= 11 is 0. The van der Waals surface area contributed by atoms with E-state index in [9.17, 15) is 9.59 Å². The average Bonchev–Trinajstić information content (AvgIpc) is 3.08. The van der Waals surface area contributed by atoms with Crippen LogP contribution >= 0.6 is 0 Å². The second kappa shape index (κ2) is 9.08. The number of amides is 2.